The Bertz CT molecular complexity index is 1180. The second-order valence-corrected chi connectivity index (χ2v) is 9.37. The number of nitrogens with one attached hydrogen (secondary N) is 1. The molecule has 186 valence electrons. The predicted octanol–water partition coefficient (Wildman–Crippen LogP) is 5.20. The van der Waals surface area contributed by atoms with E-state index in [1.807, 2.05) is 18.2 Å². The van der Waals surface area contributed by atoms with Crippen LogP contribution in [-0.4, -0.2) is 42.0 Å². The normalized spacial score (nSPS) is 21.4. The van der Waals surface area contributed by atoms with Crippen molar-refractivity contribution in [3.8, 4) is 11.5 Å². The van der Waals surface area contributed by atoms with E-state index in [4.69, 9.17) is 9.47 Å². The fraction of sp³-hybridized carbons (Fsp3) is 0.310. The second-order valence-electron chi connectivity index (χ2n) is 9.37. The van der Waals surface area contributed by atoms with Crippen LogP contribution in [0.2, 0.25) is 0 Å². The van der Waals surface area contributed by atoms with Crippen molar-refractivity contribution in [1.82, 2.24) is 4.90 Å². The zero-order valence-corrected chi connectivity index (χ0v) is 19.9. The monoisotopic (exact) mass is 488 g/mol. The van der Waals surface area contributed by atoms with Gasteiger partial charge in [-0.15, -0.1) is 0 Å². The van der Waals surface area contributed by atoms with Crippen LogP contribution in [-0.2, 0) is 20.7 Å². The number of benzene rings is 3. The lowest BCUT2D eigenvalue weighted by Crippen LogP contribution is -2.47. The Kier molecular flexibility index (Phi) is 7.28. The Morgan fingerprint density at radius 3 is 2.33 bits per heavy atom. The van der Waals surface area contributed by atoms with Crippen LogP contribution in [0.15, 0.2) is 78.9 Å². The van der Waals surface area contributed by atoms with Crippen LogP contribution in [0.3, 0.4) is 0 Å². The zero-order chi connectivity index (χ0) is 24.9. The van der Waals surface area contributed by atoms with Gasteiger partial charge in [0.05, 0.1) is 0 Å². The molecule has 2 fully saturated rings. The van der Waals surface area contributed by atoms with E-state index in [0.29, 0.717) is 43.2 Å². The summed E-state index contributed by atoms with van der Waals surface area (Å²) in [6.07, 6.45) is 2.52. The molecule has 0 aromatic heterocycles. The Morgan fingerprint density at radius 2 is 1.67 bits per heavy atom. The van der Waals surface area contributed by atoms with Gasteiger partial charge in [-0.05, 0) is 85.7 Å². The first-order valence-electron chi connectivity index (χ1n) is 12.4. The Morgan fingerprint density at radius 1 is 0.972 bits per heavy atom. The van der Waals surface area contributed by atoms with E-state index in [0.717, 1.165) is 12.8 Å². The van der Waals surface area contributed by atoms with Crippen molar-refractivity contribution in [2.45, 2.75) is 37.8 Å². The third kappa shape index (κ3) is 5.74. The average Bonchev–Trinajstić information content (AvgIpc) is 3.58. The van der Waals surface area contributed by atoms with Crippen molar-refractivity contribution < 1.29 is 23.5 Å². The van der Waals surface area contributed by atoms with E-state index in [1.165, 1.54) is 17.7 Å². The van der Waals surface area contributed by atoms with Gasteiger partial charge in [-0.1, -0.05) is 30.3 Å². The molecule has 0 spiro atoms. The van der Waals surface area contributed by atoms with Gasteiger partial charge in [0.2, 0.25) is 5.91 Å². The minimum absolute atomic E-state index is 0.0914. The van der Waals surface area contributed by atoms with Crippen LogP contribution < -0.4 is 10.1 Å². The maximum Gasteiger partial charge on any atom is 0.252 e. The SMILES string of the molecule is O=C(Nc1ccc(Oc2ccc(F)cc2)cc1)[C@@H]1CC(Cc2ccccc2)CN1C(=O)C1CCCO1. The lowest BCUT2D eigenvalue weighted by atomic mass is 9.96. The highest BCUT2D eigenvalue weighted by molar-refractivity contribution is 5.98. The third-order valence-corrected chi connectivity index (χ3v) is 6.72. The molecule has 0 aliphatic carbocycles. The molecule has 6 nitrogen and oxygen atoms in total. The van der Waals surface area contributed by atoms with Crippen LogP contribution >= 0.6 is 0 Å². The number of halogens is 1. The van der Waals surface area contributed by atoms with E-state index >= 15 is 0 Å². The molecule has 0 bridgehead atoms. The largest absolute Gasteiger partial charge is 0.457 e. The molecule has 5 rings (SSSR count). The van der Waals surface area contributed by atoms with Crippen molar-refractivity contribution in [3.63, 3.8) is 0 Å². The molecule has 36 heavy (non-hydrogen) atoms. The van der Waals surface area contributed by atoms with Gasteiger partial charge in [-0.2, -0.15) is 0 Å². The minimum Gasteiger partial charge on any atom is -0.457 e. The predicted molar refractivity (Wildman–Crippen MR) is 134 cm³/mol. The van der Waals surface area contributed by atoms with E-state index in [1.54, 1.807) is 41.3 Å². The Balaban J connectivity index is 1.26. The second kappa shape index (κ2) is 10.9. The first-order chi connectivity index (χ1) is 17.5. The van der Waals surface area contributed by atoms with Crippen LogP contribution in [0, 0.1) is 11.7 Å². The summed E-state index contributed by atoms with van der Waals surface area (Å²) < 4.78 is 24.5. The number of carbonyl (C=O) groups excluding carboxylic acids is 2. The molecule has 2 unspecified atom stereocenters. The molecular formula is C29H29FN2O4. The topological polar surface area (TPSA) is 67.9 Å². The Hall–Kier alpha value is -3.71. The molecule has 3 atom stereocenters. The van der Waals surface area contributed by atoms with Crippen LogP contribution in [0.5, 0.6) is 11.5 Å². The van der Waals surface area contributed by atoms with Gasteiger partial charge in [-0.3, -0.25) is 9.59 Å². The van der Waals surface area contributed by atoms with Crippen molar-refractivity contribution >= 4 is 17.5 Å². The molecule has 7 heteroatoms. The summed E-state index contributed by atoms with van der Waals surface area (Å²) in [5.41, 5.74) is 1.81. The number of amides is 2. The highest BCUT2D eigenvalue weighted by Gasteiger charge is 2.42. The summed E-state index contributed by atoms with van der Waals surface area (Å²) in [4.78, 5) is 28.3. The molecule has 1 N–H and O–H groups in total. The van der Waals surface area contributed by atoms with Crippen molar-refractivity contribution in [3.05, 3.63) is 90.2 Å². The zero-order valence-electron chi connectivity index (χ0n) is 19.9. The van der Waals surface area contributed by atoms with Crippen molar-refractivity contribution in [2.75, 3.05) is 18.5 Å². The lowest BCUT2D eigenvalue weighted by molar-refractivity contribution is -0.144. The number of ether oxygens (including phenoxy) is 2. The molecule has 2 aliphatic heterocycles. The standard InChI is InChI=1S/C29H29FN2O4/c30-22-8-12-24(13-9-22)36-25-14-10-23(11-15-25)31-28(33)26-18-21(17-20-5-2-1-3-6-20)19-32(26)29(34)27-7-4-16-35-27/h1-3,5-6,8-15,21,26-27H,4,7,16-19H2,(H,31,33)/t21?,26-,27?/m0/s1. The molecule has 2 aliphatic rings. The van der Waals surface area contributed by atoms with E-state index in [9.17, 15) is 14.0 Å². The van der Waals surface area contributed by atoms with E-state index < -0.39 is 12.1 Å². The first kappa shape index (κ1) is 24.0. The summed E-state index contributed by atoms with van der Waals surface area (Å²) in [5.74, 6) is 0.658. The molecule has 2 heterocycles. The van der Waals surface area contributed by atoms with Gasteiger partial charge < -0.3 is 19.7 Å². The van der Waals surface area contributed by atoms with Crippen molar-refractivity contribution in [2.24, 2.45) is 5.92 Å². The highest BCUT2D eigenvalue weighted by atomic mass is 19.1. The van der Waals surface area contributed by atoms with Crippen LogP contribution in [0.4, 0.5) is 10.1 Å². The summed E-state index contributed by atoms with van der Waals surface area (Å²) in [6, 6.07) is 22.3. The minimum atomic E-state index is -0.550. The van der Waals surface area contributed by atoms with Crippen LogP contribution in [0.1, 0.15) is 24.8 Å². The number of nitrogens with zero attached hydrogens (tertiary/aromatic N) is 1. The highest BCUT2D eigenvalue weighted by Crippen LogP contribution is 2.30. The molecule has 2 saturated heterocycles. The number of carbonyl (C=O) groups is 2. The summed E-state index contributed by atoms with van der Waals surface area (Å²) in [7, 11) is 0. The smallest absolute Gasteiger partial charge is 0.252 e. The molecular weight excluding hydrogens is 459 g/mol. The molecule has 0 saturated carbocycles. The lowest BCUT2D eigenvalue weighted by Gasteiger charge is -2.26. The number of hydrogen-bond donors (Lipinski definition) is 1. The quantitative estimate of drug-likeness (QED) is 0.497. The van der Waals surface area contributed by atoms with Gasteiger partial charge in [0.15, 0.2) is 0 Å². The van der Waals surface area contributed by atoms with E-state index in [-0.39, 0.29) is 23.5 Å². The van der Waals surface area contributed by atoms with Gasteiger partial charge >= 0.3 is 0 Å². The maximum atomic E-state index is 13.3. The van der Waals surface area contributed by atoms with Crippen LogP contribution in [0.25, 0.3) is 0 Å². The fourth-order valence-electron chi connectivity index (χ4n) is 4.94. The van der Waals surface area contributed by atoms with E-state index in [2.05, 4.69) is 17.4 Å². The third-order valence-electron chi connectivity index (χ3n) is 6.72. The summed E-state index contributed by atoms with van der Waals surface area (Å²) >= 11 is 0. The average molecular weight is 489 g/mol. The molecule has 0 radical (unpaired) electrons. The summed E-state index contributed by atoms with van der Waals surface area (Å²) in [6.45, 7) is 1.12. The van der Waals surface area contributed by atoms with Gasteiger partial charge in [0, 0.05) is 18.8 Å². The first-order valence-corrected chi connectivity index (χ1v) is 12.4. The number of hydrogen-bond acceptors (Lipinski definition) is 4. The van der Waals surface area contributed by atoms with Crippen molar-refractivity contribution in [1.29, 1.82) is 0 Å². The number of rotatable bonds is 7. The Labute approximate surface area is 210 Å². The van der Waals surface area contributed by atoms with Gasteiger partial charge in [-0.25, -0.2) is 4.39 Å². The number of likely N-dealkylation sites (tertiary alicyclic amines) is 1. The maximum absolute atomic E-state index is 13.3. The van der Waals surface area contributed by atoms with Gasteiger partial charge in [0.1, 0.15) is 29.5 Å². The fourth-order valence-corrected chi connectivity index (χ4v) is 4.94. The van der Waals surface area contributed by atoms with Gasteiger partial charge in [0.25, 0.3) is 5.91 Å². The number of anilines is 1. The molecule has 3 aromatic carbocycles. The molecule has 2 amide bonds. The summed E-state index contributed by atoms with van der Waals surface area (Å²) in [5, 5.41) is 2.96. The molecule has 3 aromatic rings.